The van der Waals surface area contributed by atoms with Gasteiger partial charge in [0.15, 0.2) is 0 Å². The summed E-state index contributed by atoms with van der Waals surface area (Å²) in [5, 5.41) is 9.36. The van der Waals surface area contributed by atoms with Gasteiger partial charge >= 0.3 is 5.97 Å². The molecule has 104 valence electrons. The van der Waals surface area contributed by atoms with Crippen LogP contribution >= 0.6 is 0 Å². The highest BCUT2D eigenvalue weighted by molar-refractivity contribution is 5.78. The SMILES string of the molecule is CC1(C(=O)O)CCCCN1Cc1ccc(F)cc1F. The van der Waals surface area contributed by atoms with E-state index in [4.69, 9.17) is 0 Å². The minimum atomic E-state index is -0.973. The highest BCUT2D eigenvalue weighted by Crippen LogP contribution is 2.30. The molecule has 2 rings (SSSR count). The molecule has 0 saturated carbocycles. The monoisotopic (exact) mass is 269 g/mol. The van der Waals surface area contributed by atoms with Crippen LogP contribution in [0.1, 0.15) is 31.7 Å². The first kappa shape index (κ1) is 13.9. The van der Waals surface area contributed by atoms with Gasteiger partial charge in [-0.05, 0) is 38.8 Å². The second kappa shape index (κ2) is 5.25. The zero-order valence-corrected chi connectivity index (χ0v) is 10.8. The molecule has 0 aromatic heterocycles. The van der Waals surface area contributed by atoms with E-state index in [0.717, 1.165) is 18.9 Å². The van der Waals surface area contributed by atoms with Crippen LogP contribution in [-0.2, 0) is 11.3 Å². The lowest BCUT2D eigenvalue weighted by atomic mass is 9.88. The van der Waals surface area contributed by atoms with Gasteiger partial charge in [-0.3, -0.25) is 9.69 Å². The van der Waals surface area contributed by atoms with Crippen molar-refractivity contribution in [3.63, 3.8) is 0 Å². The molecule has 1 heterocycles. The average Bonchev–Trinajstić information content (AvgIpc) is 2.35. The van der Waals surface area contributed by atoms with Gasteiger partial charge in [-0.2, -0.15) is 0 Å². The van der Waals surface area contributed by atoms with Crippen molar-refractivity contribution >= 4 is 5.97 Å². The van der Waals surface area contributed by atoms with Crippen LogP contribution in [0.25, 0.3) is 0 Å². The Labute approximate surface area is 110 Å². The van der Waals surface area contributed by atoms with E-state index < -0.39 is 23.1 Å². The number of carboxylic acids is 1. The number of nitrogens with zero attached hydrogens (tertiary/aromatic N) is 1. The Balaban J connectivity index is 2.22. The Morgan fingerprint density at radius 2 is 2.16 bits per heavy atom. The van der Waals surface area contributed by atoms with Crippen molar-refractivity contribution in [3.05, 3.63) is 35.4 Å². The summed E-state index contributed by atoms with van der Waals surface area (Å²) in [4.78, 5) is 13.2. The van der Waals surface area contributed by atoms with Gasteiger partial charge in [0.1, 0.15) is 17.2 Å². The lowest BCUT2D eigenvalue weighted by molar-refractivity contribution is -0.153. The lowest BCUT2D eigenvalue weighted by Gasteiger charge is -2.41. The van der Waals surface area contributed by atoms with Crippen LogP contribution in [0.3, 0.4) is 0 Å². The van der Waals surface area contributed by atoms with E-state index in [2.05, 4.69) is 0 Å². The number of rotatable bonds is 3. The van der Waals surface area contributed by atoms with E-state index in [1.807, 2.05) is 0 Å². The zero-order chi connectivity index (χ0) is 14.0. The third-order valence-electron chi connectivity index (χ3n) is 3.88. The number of carboxylic acid groups (broad SMARTS) is 1. The van der Waals surface area contributed by atoms with E-state index in [9.17, 15) is 18.7 Å². The molecule has 0 spiro atoms. The molecule has 1 N–H and O–H groups in total. The molecule has 1 aromatic rings. The van der Waals surface area contributed by atoms with Crippen LogP contribution in [0.4, 0.5) is 8.78 Å². The van der Waals surface area contributed by atoms with Gasteiger partial charge in [0.2, 0.25) is 0 Å². The highest BCUT2D eigenvalue weighted by Gasteiger charge is 2.41. The molecule has 1 fully saturated rings. The Morgan fingerprint density at radius 1 is 1.42 bits per heavy atom. The second-order valence-electron chi connectivity index (χ2n) is 5.19. The highest BCUT2D eigenvalue weighted by atomic mass is 19.1. The van der Waals surface area contributed by atoms with Gasteiger partial charge in [-0.1, -0.05) is 6.07 Å². The molecule has 1 aliphatic heterocycles. The van der Waals surface area contributed by atoms with Crippen LogP contribution in [0.5, 0.6) is 0 Å². The molecule has 5 heteroatoms. The normalized spacial score (nSPS) is 24.4. The molecule has 1 unspecified atom stereocenters. The predicted octanol–water partition coefficient (Wildman–Crippen LogP) is 2.79. The van der Waals surface area contributed by atoms with Crippen molar-refractivity contribution in [2.24, 2.45) is 0 Å². The van der Waals surface area contributed by atoms with Crippen molar-refractivity contribution < 1.29 is 18.7 Å². The fourth-order valence-electron chi connectivity index (χ4n) is 2.53. The number of aliphatic carboxylic acids is 1. The first-order valence-electron chi connectivity index (χ1n) is 6.36. The van der Waals surface area contributed by atoms with Crippen molar-refractivity contribution in [1.29, 1.82) is 0 Å². The molecule has 0 amide bonds. The molecule has 0 bridgehead atoms. The number of likely N-dealkylation sites (tertiary alicyclic amines) is 1. The van der Waals surface area contributed by atoms with Gasteiger partial charge in [0.25, 0.3) is 0 Å². The predicted molar refractivity (Wildman–Crippen MR) is 66.7 cm³/mol. The van der Waals surface area contributed by atoms with Crippen LogP contribution in [0, 0.1) is 11.6 Å². The summed E-state index contributed by atoms with van der Waals surface area (Å²) in [5.41, 5.74) is -0.644. The third-order valence-corrected chi connectivity index (χ3v) is 3.88. The van der Waals surface area contributed by atoms with Crippen LogP contribution in [-0.4, -0.2) is 28.1 Å². The molecule has 0 radical (unpaired) electrons. The fraction of sp³-hybridized carbons (Fsp3) is 0.500. The molecule has 0 aliphatic carbocycles. The Kier molecular flexibility index (Phi) is 3.85. The van der Waals surface area contributed by atoms with Crippen molar-refractivity contribution in [2.75, 3.05) is 6.54 Å². The molecule has 1 aromatic carbocycles. The quantitative estimate of drug-likeness (QED) is 0.917. The number of hydrogen-bond donors (Lipinski definition) is 1. The maximum absolute atomic E-state index is 13.6. The van der Waals surface area contributed by atoms with Crippen LogP contribution < -0.4 is 0 Å². The molecular formula is C14H17F2NO2. The maximum Gasteiger partial charge on any atom is 0.323 e. The Bertz CT molecular complexity index is 492. The first-order valence-corrected chi connectivity index (χ1v) is 6.36. The molecular weight excluding hydrogens is 252 g/mol. The van der Waals surface area contributed by atoms with Gasteiger partial charge in [-0.15, -0.1) is 0 Å². The largest absolute Gasteiger partial charge is 0.480 e. The smallest absolute Gasteiger partial charge is 0.323 e. The topological polar surface area (TPSA) is 40.5 Å². The Hall–Kier alpha value is -1.49. The van der Waals surface area contributed by atoms with E-state index in [1.54, 1.807) is 11.8 Å². The van der Waals surface area contributed by atoms with Crippen LogP contribution in [0.2, 0.25) is 0 Å². The Morgan fingerprint density at radius 3 is 2.79 bits per heavy atom. The summed E-state index contributed by atoms with van der Waals surface area (Å²) < 4.78 is 26.5. The first-order chi connectivity index (χ1) is 8.93. The second-order valence-corrected chi connectivity index (χ2v) is 5.19. The number of piperidine rings is 1. The number of halogens is 2. The maximum atomic E-state index is 13.6. The summed E-state index contributed by atoms with van der Waals surface area (Å²) in [5.74, 6) is -2.14. The number of benzene rings is 1. The van der Waals surface area contributed by atoms with Gasteiger partial charge < -0.3 is 5.11 Å². The van der Waals surface area contributed by atoms with E-state index in [1.165, 1.54) is 12.1 Å². The van der Waals surface area contributed by atoms with Gasteiger partial charge in [0.05, 0.1) is 0 Å². The molecule has 1 atom stereocenters. The average molecular weight is 269 g/mol. The molecule has 1 saturated heterocycles. The molecule has 19 heavy (non-hydrogen) atoms. The van der Waals surface area contributed by atoms with E-state index in [-0.39, 0.29) is 6.54 Å². The van der Waals surface area contributed by atoms with Crippen molar-refractivity contribution in [2.45, 2.75) is 38.3 Å². The third kappa shape index (κ3) is 2.76. The summed E-state index contributed by atoms with van der Waals surface area (Å²) in [6.07, 6.45) is 2.29. The molecule has 1 aliphatic rings. The molecule has 3 nitrogen and oxygen atoms in total. The van der Waals surface area contributed by atoms with Gasteiger partial charge in [0, 0.05) is 18.2 Å². The van der Waals surface area contributed by atoms with E-state index in [0.29, 0.717) is 18.5 Å². The summed E-state index contributed by atoms with van der Waals surface area (Å²) in [6.45, 7) is 2.46. The zero-order valence-electron chi connectivity index (χ0n) is 10.8. The standard InChI is InChI=1S/C14H17F2NO2/c1-14(13(18)19)6-2-3-7-17(14)9-10-4-5-11(15)8-12(10)16/h4-5,8H,2-3,6-7,9H2,1H3,(H,18,19). The number of hydrogen-bond acceptors (Lipinski definition) is 2. The van der Waals surface area contributed by atoms with E-state index >= 15 is 0 Å². The number of carbonyl (C=O) groups is 1. The van der Waals surface area contributed by atoms with Crippen molar-refractivity contribution in [1.82, 2.24) is 4.90 Å². The van der Waals surface area contributed by atoms with Gasteiger partial charge in [-0.25, -0.2) is 8.78 Å². The summed E-state index contributed by atoms with van der Waals surface area (Å²) in [7, 11) is 0. The minimum absolute atomic E-state index is 0.189. The van der Waals surface area contributed by atoms with Crippen molar-refractivity contribution in [3.8, 4) is 0 Å². The minimum Gasteiger partial charge on any atom is -0.480 e. The summed E-state index contributed by atoms with van der Waals surface area (Å²) in [6, 6.07) is 3.40. The van der Waals surface area contributed by atoms with Crippen LogP contribution in [0.15, 0.2) is 18.2 Å². The fourth-order valence-corrected chi connectivity index (χ4v) is 2.53. The summed E-state index contributed by atoms with van der Waals surface area (Å²) >= 11 is 0. The lowest BCUT2D eigenvalue weighted by Crippen LogP contribution is -2.54.